The van der Waals surface area contributed by atoms with Crippen molar-refractivity contribution in [3.05, 3.63) is 35.1 Å². The molecule has 0 aromatic heterocycles. The Balaban J connectivity index is 2.07. The normalized spacial score (nSPS) is 16.7. The van der Waals surface area contributed by atoms with Crippen molar-refractivity contribution >= 4 is 23.1 Å². The molecule has 102 valence electrons. The largest absolute Gasteiger partial charge is 0.389 e. The first-order valence-electron chi connectivity index (χ1n) is 6.02. The number of likely N-dealkylation sites (N-methyl/N-ethyl adjacent to an activating group) is 1. The Morgan fingerprint density at radius 3 is 2.79 bits per heavy atom. The molecule has 1 fully saturated rings. The van der Waals surface area contributed by atoms with Crippen LogP contribution >= 0.6 is 12.2 Å². The molecule has 2 rings (SSSR count). The molecule has 4 nitrogen and oxygen atoms in total. The maximum Gasteiger partial charge on any atom is 0.236 e. The van der Waals surface area contributed by atoms with Gasteiger partial charge in [-0.25, -0.2) is 4.39 Å². The van der Waals surface area contributed by atoms with Gasteiger partial charge in [-0.1, -0.05) is 24.4 Å². The van der Waals surface area contributed by atoms with Crippen molar-refractivity contribution in [2.75, 3.05) is 26.7 Å². The molecule has 1 saturated heterocycles. The second kappa shape index (κ2) is 5.63. The molecule has 0 saturated carbocycles. The number of hydrogen-bond acceptors (Lipinski definition) is 3. The lowest BCUT2D eigenvalue weighted by atomic mass is 10.1. The number of rotatable bonds is 3. The van der Waals surface area contributed by atoms with Crippen LogP contribution in [0.5, 0.6) is 0 Å². The zero-order valence-electron chi connectivity index (χ0n) is 10.7. The minimum atomic E-state index is -0.336. The van der Waals surface area contributed by atoms with Crippen LogP contribution in [0.1, 0.15) is 11.1 Å². The van der Waals surface area contributed by atoms with Gasteiger partial charge in [0.05, 0.1) is 6.54 Å². The summed E-state index contributed by atoms with van der Waals surface area (Å²) in [4.78, 5) is 15.4. The van der Waals surface area contributed by atoms with Gasteiger partial charge in [0.1, 0.15) is 10.8 Å². The number of benzene rings is 1. The number of hydrogen-bond donors (Lipinski definition) is 1. The van der Waals surface area contributed by atoms with E-state index in [1.165, 1.54) is 6.07 Å². The van der Waals surface area contributed by atoms with E-state index in [2.05, 4.69) is 0 Å². The minimum absolute atomic E-state index is 0.0615. The smallest absolute Gasteiger partial charge is 0.236 e. The summed E-state index contributed by atoms with van der Waals surface area (Å²) < 4.78 is 13.9. The molecule has 1 aromatic rings. The predicted molar refractivity (Wildman–Crippen MR) is 75.2 cm³/mol. The molecule has 0 aliphatic carbocycles. The van der Waals surface area contributed by atoms with Gasteiger partial charge in [0, 0.05) is 37.8 Å². The molecule has 1 heterocycles. The fraction of sp³-hybridized carbons (Fsp3) is 0.385. The number of thiocarbonyl (C=S) groups is 1. The van der Waals surface area contributed by atoms with Gasteiger partial charge in [0.25, 0.3) is 0 Å². The molecule has 0 unspecified atom stereocenters. The van der Waals surface area contributed by atoms with E-state index in [-0.39, 0.29) is 16.7 Å². The highest BCUT2D eigenvalue weighted by Gasteiger charge is 2.21. The van der Waals surface area contributed by atoms with Gasteiger partial charge < -0.3 is 10.6 Å². The molecular weight excluding hydrogens is 265 g/mol. The zero-order valence-corrected chi connectivity index (χ0v) is 11.5. The average Bonchev–Trinajstić information content (AvgIpc) is 2.36. The number of piperazine rings is 1. The average molecular weight is 281 g/mol. The van der Waals surface area contributed by atoms with Gasteiger partial charge in [-0.3, -0.25) is 9.69 Å². The predicted octanol–water partition coefficient (Wildman–Crippen LogP) is 0.734. The molecule has 19 heavy (non-hydrogen) atoms. The Morgan fingerprint density at radius 2 is 2.21 bits per heavy atom. The van der Waals surface area contributed by atoms with Gasteiger partial charge in [0.2, 0.25) is 5.91 Å². The summed E-state index contributed by atoms with van der Waals surface area (Å²) in [6.07, 6.45) is 0. The highest BCUT2D eigenvalue weighted by Crippen LogP contribution is 2.14. The van der Waals surface area contributed by atoms with Gasteiger partial charge in [-0.2, -0.15) is 0 Å². The van der Waals surface area contributed by atoms with Crippen LogP contribution in [0.15, 0.2) is 18.2 Å². The first-order valence-corrected chi connectivity index (χ1v) is 6.43. The maximum absolute atomic E-state index is 13.9. The van der Waals surface area contributed by atoms with Crippen LogP contribution in [0.4, 0.5) is 4.39 Å². The van der Waals surface area contributed by atoms with E-state index in [0.717, 1.165) is 6.54 Å². The van der Waals surface area contributed by atoms with Crippen molar-refractivity contribution in [1.29, 1.82) is 0 Å². The quantitative estimate of drug-likeness (QED) is 0.830. The van der Waals surface area contributed by atoms with Gasteiger partial charge >= 0.3 is 0 Å². The van der Waals surface area contributed by atoms with Crippen molar-refractivity contribution in [3.63, 3.8) is 0 Å². The van der Waals surface area contributed by atoms with Crippen molar-refractivity contribution in [2.45, 2.75) is 6.54 Å². The van der Waals surface area contributed by atoms with Crippen molar-refractivity contribution in [1.82, 2.24) is 9.80 Å². The second-order valence-corrected chi connectivity index (χ2v) is 5.14. The number of amides is 1. The monoisotopic (exact) mass is 281 g/mol. The summed E-state index contributed by atoms with van der Waals surface area (Å²) in [5, 5.41) is 0. The lowest BCUT2D eigenvalue weighted by molar-refractivity contribution is -0.134. The number of nitrogens with zero attached hydrogens (tertiary/aromatic N) is 2. The van der Waals surface area contributed by atoms with Crippen LogP contribution < -0.4 is 5.73 Å². The van der Waals surface area contributed by atoms with Crippen LogP contribution in [-0.2, 0) is 11.3 Å². The van der Waals surface area contributed by atoms with Gasteiger partial charge in [0.15, 0.2) is 0 Å². The molecule has 1 amide bonds. The summed E-state index contributed by atoms with van der Waals surface area (Å²) in [6.45, 7) is 2.17. The fourth-order valence-electron chi connectivity index (χ4n) is 2.01. The van der Waals surface area contributed by atoms with Crippen LogP contribution in [0.2, 0.25) is 0 Å². The lowest BCUT2D eigenvalue weighted by Gasteiger charge is -2.32. The van der Waals surface area contributed by atoms with E-state index in [1.807, 2.05) is 4.90 Å². The van der Waals surface area contributed by atoms with Crippen LogP contribution in [-0.4, -0.2) is 47.4 Å². The topological polar surface area (TPSA) is 49.6 Å². The van der Waals surface area contributed by atoms with Gasteiger partial charge in [-0.05, 0) is 6.07 Å². The second-order valence-electron chi connectivity index (χ2n) is 4.70. The van der Waals surface area contributed by atoms with E-state index in [0.29, 0.717) is 30.8 Å². The Kier molecular flexibility index (Phi) is 4.11. The van der Waals surface area contributed by atoms with E-state index in [4.69, 9.17) is 18.0 Å². The number of halogens is 1. The highest BCUT2D eigenvalue weighted by atomic mass is 32.1. The summed E-state index contributed by atoms with van der Waals surface area (Å²) in [5.74, 6) is -0.275. The zero-order chi connectivity index (χ0) is 14.0. The van der Waals surface area contributed by atoms with E-state index in [9.17, 15) is 9.18 Å². The Hall–Kier alpha value is -1.53. The first kappa shape index (κ1) is 13.9. The highest BCUT2D eigenvalue weighted by molar-refractivity contribution is 7.80. The van der Waals surface area contributed by atoms with Crippen molar-refractivity contribution < 1.29 is 9.18 Å². The number of nitrogens with two attached hydrogens (primary N) is 1. The summed E-state index contributed by atoms with van der Waals surface area (Å²) in [6, 6.07) is 4.72. The molecule has 1 aliphatic heterocycles. The SMILES string of the molecule is CN1CCN(Cc2ccc(C(N)=S)cc2F)CC1=O. The summed E-state index contributed by atoms with van der Waals surface area (Å²) in [7, 11) is 1.78. The molecule has 1 aromatic carbocycles. The van der Waals surface area contributed by atoms with Gasteiger partial charge in [-0.15, -0.1) is 0 Å². The van der Waals surface area contributed by atoms with Crippen molar-refractivity contribution in [2.24, 2.45) is 5.73 Å². The Labute approximate surface area is 117 Å². The Bertz CT molecular complexity index is 521. The standard InChI is InChI=1S/C13H16FN3OS/c1-16-4-5-17(8-12(16)18)7-10-3-2-9(13(15)19)6-11(10)14/h2-3,6H,4-5,7-8H2,1H3,(H2,15,19). The molecule has 1 aliphatic rings. The summed E-state index contributed by atoms with van der Waals surface area (Å²) >= 11 is 4.81. The fourth-order valence-corrected chi connectivity index (χ4v) is 2.14. The van der Waals surface area contributed by atoms with Crippen LogP contribution in [0.3, 0.4) is 0 Å². The lowest BCUT2D eigenvalue weighted by Crippen LogP contribution is -2.48. The van der Waals surface area contributed by atoms with Crippen molar-refractivity contribution in [3.8, 4) is 0 Å². The molecule has 0 atom stereocenters. The van der Waals surface area contributed by atoms with E-state index in [1.54, 1.807) is 24.1 Å². The minimum Gasteiger partial charge on any atom is -0.389 e. The van der Waals surface area contributed by atoms with E-state index < -0.39 is 0 Å². The molecule has 0 spiro atoms. The van der Waals surface area contributed by atoms with Crippen LogP contribution in [0, 0.1) is 5.82 Å². The third-order valence-corrected chi connectivity index (χ3v) is 3.50. The van der Waals surface area contributed by atoms with Crippen LogP contribution in [0.25, 0.3) is 0 Å². The molecule has 2 N–H and O–H groups in total. The molecule has 0 radical (unpaired) electrons. The first-order chi connectivity index (χ1) is 8.97. The van der Waals surface area contributed by atoms with E-state index >= 15 is 0 Å². The maximum atomic E-state index is 13.9. The molecule has 6 heteroatoms. The molecular formula is C13H16FN3OS. The summed E-state index contributed by atoms with van der Waals surface area (Å²) in [5.41, 5.74) is 6.53. The number of carbonyl (C=O) groups excluding carboxylic acids is 1. The molecule has 0 bridgehead atoms. The number of carbonyl (C=O) groups is 1. The third kappa shape index (κ3) is 3.27. The Morgan fingerprint density at radius 1 is 1.47 bits per heavy atom. The third-order valence-electron chi connectivity index (χ3n) is 3.27.